The molecule has 0 N–H and O–H groups in total. The number of fused-ring (bicyclic) bond motifs is 1. The summed E-state index contributed by atoms with van der Waals surface area (Å²) in [7, 11) is 1.62. The van der Waals surface area contributed by atoms with Crippen molar-refractivity contribution in [3.05, 3.63) is 63.4 Å². The van der Waals surface area contributed by atoms with Gasteiger partial charge in [0.2, 0.25) is 0 Å². The third-order valence-electron chi connectivity index (χ3n) is 3.11. The van der Waals surface area contributed by atoms with Crippen LogP contribution in [0.5, 0.6) is 5.75 Å². The molecule has 0 aliphatic heterocycles. The zero-order chi connectivity index (χ0) is 14.1. The third-order valence-corrected chi connectivity index (χ3v) is 3.60. The van der Waals surface area contributed by atoms with E-state index in [1.54, 1.807) is 13.2 Å². The van der Waals surface area contributed by atoms with Crippen molar-refractivity contribution in [3.63, 3.8) is 0 Å². The standard InChI is InChI=1S/C16H11BrO3/c1-19-12-5-2-10(3-6-12)13-9-16(18)20-15-7-4-11(17)8-14(13)15/h2-9H,1H3. The first-order valence-corrected chi connectivity index (χ1v) is 6.84. The molecule has 2 aromatic carbocycles. The molecule has 3 aromatic rings. The van der Waals surface area contributed by atoms with E-state index in [0.29, 0.717) is 5.58 Å². The molecule has 0 unspecified atom stereocenters. The van der Waals surface area contributed by atoms with Gasteiger partial charge in [0.15, 0.2) is 0 Å². The van der Waals surface area contributed by atoms with E-state index in [9.17, 15) is 4.79 Å². The molecule has 20 heavy (non-hydrogen) atoms. The van der Waals surface area contributed by atoms with Crippen LogP contribution in [-0.2, 0) is 0 Å². The first-order chi connectivity index (χ1) is 9.67. The maximum Gasteiger partial charge on any atom is 0.336 e. The Morgan fingerprint density at radius 3 is 2.50 bits per heavy atom. The van der Waals surface area contributed by atoms with E-state index in [1.807, 2.05) is 36.4 Å². The van der Waals surface area contributed by atoms with Crippen molar-refractivity contribution in [2.45, 2.75) is 0 Å². The summed E-state index contributed by atoms with van der Waals surface area (Å²) < 4.78 is 11.3. The molecule has 0 saturated carbocycles. The summed E-state index contributed by atoms with van der Waals surface area (Å²) in [6.45, 7) is 0. The average molecular weight is 331 g/mol. The zero-order valence-corrected chi connectivity index (χ0v) is 12.3. The smallest absolute Gasteiger partial charge is 0.336 e. The van der Waals surface area contributed by atoms with Crippen LogP contribution in [0.3, 0.4) is 0 Å². The Morgan fingerprint density at radius 1 is 1.05 bits per heavy atom. The molecule has 0 fully saturated rings. The summed E-state index contributed by atoms with van der Waals surface area (Å²) in [6, 6.07) is 14.7. The first-order valence-electron chi connectivity index (χ1n) is 6.05. The third kappa shape index (κ3) is 2.34. The van der Waals surface area contributed by atoms with Crippen LogP contribution in [0.15, 0.2) is 62.2 Å². The van der Waals surface area contributed by atoms with Crippen LogP contribution in [0.1, 0.15) is 0 Å². The van der Waals surface area contributed by atoms with Gasteiger partial charge in [0.05, 0.1) is 7.11 Å². The van der Waals surface area contributed by atoms with Crippen LogP contribution in [0, 0.1) is 0 Å². The molecular formula is C16H11BrO3. The minimum Gasteiger partial charge on any atom is -0.497 e. The molecule has 0 spiro atoms. The molecule has 0 radical (unpaired) electrons. The average Bonchev–Trinajstić information content (AvgIpc) is 2.47. The van der Waals surface area contributed by atoms with Crippen LogP contribution < -0.4 is 10.4 Å². The van der Waals surface area contributed by atoms with Gasteiger partial charge in [-0.1, -0.05) is 28.1 Å². The maximum absolute atomic E-state index is 11.7. The normalized spacial score (nSPS) is 10.7. The van der Waals surface area contributed by atoms with Gasteiger partial charge < -0.3 is 9.15 Å². The number of methoxy groups -OCH3 is 1. The van der Waals surface area contributed by atoms with Gasteiger partial charge in [-0.25, -0.2) is 4.79 Å². The fourth-order valence-corrected chi connectivity index (χ4v) is 2.51. The van der Waals surface area contributed by atoms with Crippen molar-refractivity contribution in [2.75, 3.05) is 7.11 Å². The van der Waals surface area contributed by atoms with Crippen molar-refractivity contribution in [2.24, 2.45) is 0 Å². The minimum atomic E-state index is -0.356. The van der Waals surface area contributed by atoms with Crippen LogP contribution in [0.25, 0.3) is 22.1 Å². The second-order valence-corrected chi connectivity index (χ2v) is 5.26. The van der Waals surface area contributed by atoms with Crippen molar-refractivity contribution in [3.8, 4) is 16.9 Å². The first kappa shape index (κ1) is 12.9. The number of benzene rings is 2. The molecule has 4 heteroatoms. The van der Waals surface area contributed by atoms with Crippen molar-refractivity contribution in [1.82, 2.24) is 0 Å². The molecule has 100 valence electrons. The lowest BCUT2D eigenvalue weighted by molar-refractivity contribution is 0.415. The van der Waals surface area contributed by atoms with E-state index >= 15 is 0 Å². The molecule has 0 amide bonds. The van der Waals surface area contributed by atoms with Gasteiger partial charge in [0, 0.05) is 15.9 Å². The number of halogens is 1. The van der Waals surface area contributed by atoms with Gasteiger partial charge in [-0.05, 0) is 41.5 Å². The monoisotopic (exact) mass is 330 g/mol. The molecule has 3 nitrogen and oxygen atoms in total. The zero-order valence-electron chi connectivity index (χ0n) is 10.7. The fraction of sp³-hybridized carbons (Fsp3) is 0.0625. The SMILES string of the molecule is COc1ccc(-c2cc(=O)oc3ccc(Br)cc23)cc1. The highest BCUT2D eigenvalue weighted by Crippen LogP contribution is 2.30. The number of ether oxygens (including phenoxy) is 1. The lowest BCUT2D eigenvalue weighted by Gasteiger charge is -2.07. The van der Waals surface area contributed by atoms with E-state index in [-0.39, 0.29) is 5.63 Å². The van der Waals surface area contributed by atoms with Crippen LogP contribution in [0.2, 0.25) is 0 Å². The van der Waals surface area contributed by atoms with E-state index in [4.69, 9.17) is 9.15 Å². The summed E-state index contributed by atoms with van der Waals surface area (Å²) in [5.74, 6) is 0.780. The lowest BCUT2D eigenvalue weighted by Crippen LogP contribution is -1.98. The Hall–Kier alpha value is -2.07. The van der Waals surface area contributed by atoms with Gasteiger partial charge in [0.1, 0.15) is 11.3 Å². The van der Waals surface area contributed by atoms with Gasteiger partial charge in [-0.2, -0.15) is 0 Å². The quantitative estimate of drug-likeness (QED) is 0.660. The summed E-state index contributed by atoms with van der Waals surface area (Å²) in [4.78, 5) is 11.7. The van der Waals surface area contributed by atoms with Crippen LogP contribution in [-0.4, -0.2) is 7.11 Å². The molecule has 1 heterocycles. The highest BCUT2D eigenvalue weighted by Gasteiger charge is 2.08. The Balaban J connectivity index is 2.28. The summed E-state index contributed by atoms with van der Waals surface area (Å²) in [5, 5.41) is 0.893. The fourth-order valence-electron chi connectivity index (χ4n) is 2.14. The van der Waals surface area contributed by atoms with Gasteiger partial charge in [0.25, 0.3) is 0 Å². The molecule has 0 bridgehead atoms. The van der Waals surface area contributed by atoms with Crippen molar-refractivity contribution < 1.29 is 9.15 Å². The van der Waals surface area contributed by atoms with Crippen molar-refractivity contribution in [1.29, 1.82) is 0 Å². The Morgan fingerprint density at radius 2 is 1.80 bits per heavy atom. The van der Waals surface area contributed by atoms with Gasteiger partial charge in [-0.15, -0.1) is 0 Å². The van der Waals surface area contributed by atoms with Crippen molar-refractivity contribution >= 4 is 26.9 Å². The predicted octanol–water partition coefficient (Wildman–Crippen LogP) is 4.23. The van der Waals surface area contributed by atoms with E-state index in [1.165, 1.54) is 6.07 Å². The highest BCUT2D eigenvalue weighted by atomic mass is 79.9. The largest absolute Gasteiger partial charge is 0.497 e. The molecule has 0 atom stereocenters. The number of rotatable bonds is 2. The highest BCUT2D eigenvalue weighted by molar-refractivity contribution is 9.10. The predicted molar refractivity (Wildman–Crippen MR) is 82.2 cm³/mol. The molecule has 1 aromatic heterocycles. The second-order valence-electron chi connectivity index (χ2n) is 4.35. The van der Waals surface area contributed by atoms with Crippen LogP contribution in [0.4, 0.5) is 0 Å². The van der Waals surface area contributed by atoms with E-state index < -0.39 is 0 Å². The summed E-state index contributed by atoms with van der Waals surface area (Å²) >= 11 is 3.44. The maximum atomic E-state index is 11.7. The Kier molecular flexibility index (Phi) is 3.32. The van der Waals surface area contributed by atoms with Crippen LogP contribution >= 0.6 is 15.9 Å². The summed E-state index contributed by atoms with van der Waals surface area (Å²) in [5.41, 5.74) is 2.01. The summed E-state index contributed by atoms with van der Waals surface area (Å²) in [6.07, 6.45) is 0. The molecule has 0 saturated heterocycles. The molecular weight excluding hydrogens is 320 g/mol. The number of hydrogen-bond acceptors (Lipinski definition) is 3. The Bertz CT molecular complexity index is 819. The topological polar surface area (TPSA) is 39.4 Å². The minimum absolute atomic E-state index is 0.356. The van der Waals surface area contributed by atoms with Gasteiger partial charge >= 0.3 is 5.63 Å². The molecule has 3 rings (SSSR count). The van der Waals surface area contributed by atoms with E-state index in [0.717, 1.165) is 26.7 Å². The van der Waals surface area contributed by atoms with E-state index in [2.05, 4.69) is 15.9 Å². The lowest BCUT2D eigenvalue weighted by atomic mass is 10.0. The molecule has 0 aliphatic carbocycles. The second kappa shape index (κ2) is 5.13. The van der Waals surface area contributed by atoms with Gasteiger partial charge in [-0.3, -0.25) is 0 Å². The number of hydrogen-bond donors (Lipinski definition) is 0. The Labute approximate surface area is 123 Å². The molecule has 0 aliphatic rings.